The van der Waals surface area contributed by atoms with Gasteiger partial charge in [0.15, 0.2) is 0 Å². The lowest BCUT2D eigenvalue weighted by Gasteiger charge is -2.09. The van der Waals surface area contributed by atoms with E-state index in [1.165, 1.54) is 30.1 Å². The van der Waals surface area contributed by atoms with E-state index < -0.39 is 0 Å². The number of aromatic nitrogens is 2. The third-order valence-corrected chi connectivity index (χ3v) is 3.83. The molecule has 6 heteroatoms. The second-order valence-corrected chi connectivity index (χ2v) is 6.16. The van der Waals surface area contributed by atoms with Gasteiger partial charge in [0.05, 0.1) is 5.56 Å². The molecule has 132 valence electrons. The predicted molar refractivity (Wildman–Crippen MR) is 100 cm³/mol. The van der Waals surface area contributed by atoms with Gasteiger partial charge in [0.25, 0.3) is 5.91 Å². The molecule has 1 aromatic heterocycles. The number of nitrogens with zero attached hydrogens (tertiary/aromatic N) is 2. The highest BCUT2D eigenvalue weighted by molar-refractivity contribution is 6.03. The Bertz CT molecular complexity index is 892. The van der Waals surface area contributed by atoms with E-state index in [2.05, 4.69) is 34.4 Å². The van der Waals surface area contributed by atoms with Crippen molar-refractivity contribution in [3.8, 4) is 0 Å². The van der Waals surface area contributed by atoms with E-state index in [0.717, 1.165) is 0 Å². The molecule has 0 bridgehead atoms. The van der Waals surface area contributed by atoms with Crippen molar-refractivity contribution < 1.29 is 9.18 Å². The molecule has 0 spiro atoms. The molecule has 3 rings (SSSR count). The monoisotopic (exact) mass is 350 g/mol. The summed E-state index contributed by atoms with van der Waals surface area (Å²) in [7, 11) is 0. The minimum absolute atomic E-state index is 0.286. The zero-order chi connectivity index (χ0) is 18.5. The summed E-state index contributed by atoms with van der Waals surface area (Å²) in [4.78, 5) is 20.5. The molecule has 0 aliphatic carbocycles. The molecule has 0 saturated heterocycles. The number of benzene rings is 2. The van der Waals surface area contributed by atoms with Crippen LogP contribution < -0.4 is 10.6 Å². The lowest BCUT2D eigenvalue weighted by molar-refractivity contribution is 0.102. The smallest absolute Gasteiger partial charge is 0.258 e. The molecule has 2 aromatic carbocycles. The minimum Gasteiger partial charge on any atom is -0.324 e. The molecule has 0 atom stereocenters. The van der Waals surface area contributed by atoms with Gasteiger partial charge in [-0.1, -0.05) is 32.0 Å². The normalized spacial score (nSPS) is 10.6. The molecule has 0 radical (unpaired) electrons. The van der Waals surface area contributed by atoms with E-state index in [1.54, 1.807) is 12.1 Å². The van der Waals surface area contributed by atoms with Crippen molar-refractivity contribution in [2.75, 3.05) is 10.6 Å². The number of carbonyl (C=O) groups is 1. The van der Waals surface area contributed by atoms with Crippen LogP contribution in [0.15, 0.2) is 60.9 Å². The van der Waals surface area contributed by atoms with Crippen molar-refractivity contribution >= 4 is 23.2 Å². The van der Waals surface area contributed by atoms with Crippen LogP contribution in [0.3, 0.4) is 0 Å². The number of rotatable bonds is 5. The zero-order valence-corrected chi connectivity index (χ0v) is 14.5. The van der Waals surface area contributed by atoms with Crippen LogP contribution in [0.1, 0.15) is 35.7 Å². The van der Waals surface area contributed by atoms with Gasteiger partial charge in [0.1, 0.15) is 5.82 Å². The fourth-order valence-electron chi connectivity index (χ4n) is 2.36. The van der Waals surface area contributed by atoms with Crippen molar-refractivity contribution in [2.24, 2.45) is 0 Å². The summed E-state index contributed by atoms with van der Waals surface area (Å²) < 4.78 is 13.2. The van der Waals surface area contributed by atoms with Crippen LogP contribution in [-0.4, -0.2) is 15.9 Å². The topological polar surface area (TPSA) is 66.9 Å². The minimum atomic E-state index is -0.352. The number of halogens is 1. The van der Waals surface area contributed by atoms with Gasteiger partial charge in [0, 0.05) is 23.8 Å². The van der Waals surface area contributed by atoms with Gasteiger partial charge in [-0.05, 0) is 41.8 Å². The van der Waals surface area contributed by atoms with Crippen LogP contribution in [0, 0.1) is 5.82 Å². The van der Waals surface area contributed by atoms with Crippen LogP contribution in [0.5, 0.6) is 0 Å². The maximum Gasteiger partial charge on any atom is 0.258 e. The Balaban J connectivity index is 1.65. The van der Waals surface area contributed by atoms with Crippen molar-refractivity contribution in [3.63, 3.8) is 0 Å². The van der Waals surface area contributed by atoms with E-state index >= 15 is 0 Å². The van der Waals surface area contributed by atoms with E-state index in [-0.39, 0.29) is 17.7 Å². The van der Waals surface area contributed by atoms with Gasteiger partial charge in [-0.3, -0.25) is 4.79 Å². The van der Waals surface area contributed by atoms with Gasteiger partial charge < -0.3 is 10.6 Å². The Morgan fingerprint density at radius 2 is 1.69 bits per heavy atom. The lowest BCUT2D eigenvalue weighted by atomic mass is 10.0. The SMILES string of the molecule is CC(C)c1ccc(NC(=O)c2cnc(Nc3cccc(F)c3)nc2)cc1. The van der Waals surface area contributed by atoms with Crippen LogP contribution in [0.4, 0.5) is 21.7 Å². The number of anilines is 3. The molecule has 26 heavy (non-hydrogen) atoms. The average molecular weight is 350 g/mol. The fraction of sp³-hybridized carbons (Fsp3) is 0.150. The van der Waals surface area contributed by atoms with Gasteiger partial charge in [-0.25, -0.2) is 14.4 Å². The molecule has 0 aliphatic rings. The van der Waals surface area contributed by atoms with Crippen molar-refractivity contribution in [1.82, 2.24) is 9.97 Å². The van der Waals surface area contributed by atoms with Crippen LogP contribution in [0.2, 0.25) is 0 Å². The average Bonchev–Trinajstić information content (AvgIpc) is 2.63. The fourth-order valence-corrected chi connectivity index (χ4v) is 2.36. The van der Waals surface area contributed by atoms with Gasteiger partial charge in [-0.2, -0.15) is 0 Å². The summed E-state index contributed by atoms with van der Waals surface area (Å²) in [6.45, 7) is 4.23. The number of nitrogens with one attached hydrogen (secondary N) is 2. The standard InChI is InChI=1S/C20H19FN4O/c1-13(2)14-6-8-17(9-7-14)24-19(26)15-11-22-20(23-12-15)25-18-5-3-4-16(21)10-18/h3-13H,1-2H3,(H,24,26)(H,22,23,25). The Kier molecular flexibility index (Phi) is 5.22. The van der Waals surface area contributed by atoms with E-state index in [1.807, 2.05) is 24.3 Å². The highest BCUT2D eigenvalue weighted by atomic mass is 19.1. The van der Waals surface area contributed by atoms with Crippen molar-refractivity contribution in [1.29, 1.82) is 0 Å². The molecular weight excluding hydrogens is 331 g/mol. The molecule has 0 fully saturated rings. The molecule has 0 unspecified atom stereocenters. The number of hydrogen-bond donors (Lipinski definition) is 2. The Morgan fingerprint density at radius 3 is 2.31 bits per heavy atom. The predicted octanol–water partition coefficient (Wildman–Crippen LogP) is 4.74. The number of hydrogen-bond acceptors (Lipinski definition) is 4. The summed E-state index contributed by atoms with van der Waals surface area (Å²) in [6, 6.07) is 13.7. The largest absolute Gasteiger partial charge is 0.324 e. The number of amides is 1. The maximum absolute atomic E-state index is 13.2. The lowest BCUT2D eigenvalue weighted by Crippen LogP contribution is -2.13. The molecule has 1 heterocycles. The third-order valence-electron chi connectivity index (χ3n) is 3.83. The Labute approximate surface area is 151 Å². The number of carbonyl (C=O) groups excluding carboxylic acids is 1. The first-order chi connectivity index (χ1) is 12.5. The highest BCUT2D eigenvalue weighted by Gasteiger charge is 2.08. The summed E-state index contributed by atoms with van der Waals surface area (Å²) in [5.41, 5.74) is 2.79. The molecule has 0 aliphatic heterocycles. The Hall–Kier alpha value is -3.28. The van der Waals surface area contributed by atoms with Crippen molar-refractivity contribution in [2.45, 2.75) is 19.8 Å². The summed E-state index contributed by atoms with van der Waals surface area (Å²) >= 11 is 0. The summed E-state index contributed by atoms with van der Waals surface area (Å²) in [5.74, 6) is 0.0776. The van der Waals surface area contributed by atoms with Gasteiger partial charge in [0.2, 0.25) is 5.95 Å². The quantitative estimate of drug-likeness (QED) is 0.698. The van der Waals surface area contributed by atoms with Crippen LogP contribution in [-0.2, 0) is 0 Å². The van der Waals surface area contributed by atoms with Gasteiger partial charge >= 0.3 is 0 Å². The molecule has 2 N–H and O–H groups in total. The molecular formula is C20H19FN4O. The molecule has 1 amide bonds. The van der Waals surface area contributed by atoms with E-state index in [4.69, 9.17) is 0 Å². The zero-order valence-electron chi connectivity index (χ0n) is 14.5. The first-order valence-electron chi connectivity index (χ1n) is 8.27. The first-order valence-corrected chi connectivity index (χ1v) is 8.27. The molecule has 0 saturated carbocycles. The third kappa shape index (κ3) is 4.42. The second kappa shape index (κ2) is 7.74. The summed E-state index contributed by atoms with van der Waals surface area (Å²) in [5, 5.41) is 5.70. The highest BCUT2D eigenvalue weighted by Crippen LogP contribution is 2.18. The second-order valence-electron chi connectivity index (χ2n) is 6.16. The van der Waals surface area contributed by atoms with E-state index in [9.17, 15) is 9.18 Å². The first kappa shape index (κ1) is 17.5. The molecule has 5 nitrogen and oxygen atoms in total. The molecule has 3 aromatic rings. The van der Waals surface area contributed by atoms with E-state index in [0.29, 0.717) is 22.9 Å². The van der Waals surface area contributed by atoms with Gasteiger partial charge in [-0.15, -0.1) is 0 Å². The summed E-state index contributed by atoms with van der Waals surface area (Å²) in [6.07, 6.45) is 2.85. The van der Waals surface area contributed by atoms with Crippen molar-refractivity contribution in [3.05, 3.63) is 77.9 Å². The maximum atomic E-state index is 13.2. The Morgan fingerprint density at radius 1 is 1.00 bits per heavy atom. The van der Waals surface area contributed by atoms with Crippen LogP contribution in [0.25, 0.3) is 0 Å². The van der Waals surface area contributed by atoms with Crippen LogP contribution >= 0.6 is 0 Å².